The molecule has 0 spiro atoms. The lowest BCUT2D eigenvalue weighted by atomic mass is 9.90. The molecule has 0 aromatic carbocycles. The van der Waals surface area contributed by atoms with Crippen LogP contribution in [0.1, 0.15) is 50.8 Å². The molecule has 1 amide bonds. The molecule has 1 N–H and O–H groups in total. The number of nitrogens with zero attached hydrogens (tertiary/aromatic N) is 4. The zero-order chi connectivity index (χ0) is 23.4. The van der Waals surface area contributed by atoms with Crippen molar-refractivity contribution in [3.05, 3.63) is 30.4 Å². The summed E-state index contributed by atoms with van der Waals surface area (Å²) in [5.41, 5.74) is 0. The van der Waals surface area contributed by atoms with Crippen LogP contribution in [-0.2, 0) is 21.9 Å². The highest BCUT2D eigenvalue weighted by Crippen LogP contribution is 2.29. The van der Waals surface area contributed by atoms with Crippen LogP contribution in [0.15, 0.2) is 29.6 Å². The molecule has 2 aliphatic rings. The van der Waals surface area contributed by atoms with Crippen molar-refractivity contribution in [3.63, 3.8) is 0 Å². The lowest BCUT2D eigenvalue weighted by Gasteiger charge is -2.30. The van der Waals surface area contributed by atoms with E-state index in [4.69, 9.17) is 4.74 Å². The minimum atomic E-state index is -3.66. The number of rotatable bonds is 7. The summed E-state index contributed by atoms with van der Waals surface area (Å²) in [6, 6.07) is 3.63. The summed E-state index contributed by atoms with van der Waals surface area (Å²) in [4.78, 5) is 21.4. The third-order valence-electron chi connectivity index (χ3n) is 6.73. The first-order chi connectivity index (χ1) is 15.8. The van der Waals surface area contributed by atoms with Crippen molar-refractivity contribution in [1.82, 2.24) is 18.8 Å². The Morgan fingerprint density at radius 3 is 2.58 bits per heavy atom. The van der Waals surface area contributed by atoms with Gasteiger partial charge in [-0.15, -0.1) is 0 Å². The SMILES string of the molecule is Cc1nc(S(=O)(=O)N2CCC(C(=O)Nc3ncccc3OCC3CCCCC3)CC2)cn1C. The predicted molar refractivity (Wildman–Crippen MR) is 124 cm³/mol. The number of carbonyl (C=O) groups excluding carboxylic acids is 1. The number of ether oxygens (including phenoxy) is 1. The Balaban J connectivity index is 1.33. The zero-order valence-electron chi connectivity index (χ0n) is 19.4. The summed E-state index contributed by atoms with van der Waals surface area (Å²) in [6.07, 6.45) is 10.2. The second kappa shape index (κ2) is 10.2. The minimum absolute atomic E-state index is 0.0543. The quantitative estimate of drug-likeness (QED) is 0.659. The normalized spacial score (nSPS) is 18.8. The average molecular weight is 476 g/mol. The monoisotopic (exact) mass is 475 g/mol. The fourth-order valence-electron chi connectivity index (χ4n) is 4.52. The fourth-order valence-corrected chi connectivity index (χ4v) is 6.02. The van der Waals surface area contributed by atoms with E-state index in [1.165, 1.54) is 42.6 Å². The first kappa shape index (κ1) is 23.7. The Hall–Kier alpha value is -2.46. The van der Waals surface area contributed by atoms with E-state index in [0.29, 0.717) is 42.8 Å². The molecule has 1 aliphatic heterocycles. The number of imidazole rings is 1. The molecule has 9 nitrogen and oxygen atoms in total. The van der Waals surface area contributed by atoms with E-state index in [0.717, 1.165) is 0 Å². The van der Waals surface area contributed by atoms with Gasteiger partial charge in [-0.2, -0.15) is 4.31 Å². The van der Waals surface area contributed by atoms with Gasteiger partial charge in [0.1, 0.15) is 5.82 Å². The summed E-state index contributed by atoms with van der Waals surface area (Å²) < 4.78 is 34.9. The van der Waals surface area contributed by atoms with Crippen molar-refractivity contribution >= 4 is 21.7 Å². The second-order valence-corrected chi connectivity index (χ2v) is 11.0. The third-order valence-corrected chi connectivity index (χ3v) is 8.50. The highest BCUT2D eigenvalue weighted by molar-refractivity contribution is 7.89. The number of piperidine rings is 1. The molecule has 2 fully saturated rings. The van der Waals surface area contributed by atoms with Gasteiger partial charge in [0, 0.05) is 38.4 Å². The first-order valence-corrected chi connectivity index (χ1v) is 13.2. The number of nitrogens with one attached hydrogen (secondary N) is 1. The number of aromatic nitrogens is 3. The van der Waals surface area contributed by atoms with E-state index in [1.807, 2.05) is 6.07 Å². The molecule has 10 heteroatoms. The van der Waals surface area contributed by atoms with E-state index in [1.54, 1.807) is 30.8 Å². The van der Waals surface area contributed by atoms with Crippen LogP contribution in [-0.4, -0.2) is 52.9 Å². The number of hydrogen-bond acceptors (Lipinski definition) is 6. The van der Waals surface area contributed by atoms with Crippen LogP contribution >= 0.6 is 0 Å². The van der Waals surface area contributed by atoms with Crippen molar-refractivity contribution < 1.29 is 17.9 Å². The molecule has 2 aromatic rings. The van der Waals surface area contributed by atoms with Gasteiger partial charge >= 0.3 is 0 Å². The lowest BCUT2D eigenvalue weighted by Crippen LogP contribution is -2.41. The molecule has 1 aliphatic carbocycles. The number of anilines is 1. The van der Waals surface area contributed by atoms with Crippen molar-refractivity contribution in [3.8, 4) is 5.75 Å². The number of hydrogen-bond donors (Lipinski definition) is 1. The van der Waals surface area contributed by atoms with Crippen LogP contribution in [0.3, 0.4) is 0 Å². The van der Waals surface area contributed by atoms with Gasteiger partial charge in [-0.05, 0) is 50.7 Å². The molecule has 0 bridgehead atoms. The summed E-state index contributed by atoms with van der Waals surface area (Å²) in [5, 5.41) is 2.96. The largest absolute Gasteiger partial charge is 0.489 e. The molecule has 3 heterocycles. The Morgan fingerprint density at radius 2 is 1.91 bits per heavy atom. The van der Waals surface area contributed by atoms with E-state index in [9.17, 15) is 13.2 Å². The molecule has 2 aromatic heterocycles. The van der Waals surface area contributed by atoms with Crippen LogP contribution in [0.2, 0.25) is 0 Å². The van der Waals surface area contributed by atoms with Crippen LogP contribution in [0, 0.1) is 18.8 Å². The van der Waals surface area contributed by atoms with Crippen molar-refractivity contribution in [2.45, 2.75) is 56.9 Å². The standard InChI is InChI=1S/C23H33N5O4S/c1-17-25-21(15-27(17)2)33(30,31)28-13-10-19(11-14-28)23(29)26-22-20(9-6-12-24-22)32-16-18-7-4-3-5-8-18/h6,9,12,15,18-19H,3-5,7-8,10-11,13-14,16H2,1-2H3,(H,24,26,29). The first-order valence-electron chi connectivity index (χ1n) is 11.7. The summed E-state index contributed by atoms with van der Waals surface area (Å²) in [7, 11) is -1.89. The van der Waals surface area contributed by atoms with Crippen LogP contribution in [0.5, 0.6) is 5.75 Å². The topological polar surface area (TPSA) is 106 Å². The van der Waals surface area contributed by atoms with Crippen LogP contribution in [0.4, 0.5) is 5.82 Å². The maximum Gasteiger partial charge on any atom is 0.262 e. The van der Waals surface area contributed by atoms with Gasteiger partial charge in [-0.25, -0.2) is 18.4 Å². The third kappa shape index (κ3) is 5.55. The molecule has 0 unspecified atom stereocenters. The van der Waals surface area contributed by atoms with E-state index >= 15 is 0 Å². The number of pyridine rings is 1. The average Bonchev–Trinajstić information content (AvgIpc) is 3.18. The fraction of sp³-hybridized carbons (Fsp3) is 0.609. The van der Waals surface area contributed by atoms with Crippen molar-refractivity contribution in [1.29, 1.82) is 0 Å². The zero-order valence-corrected chi connectivity index (χ0v) is 20.2. The van der Waals surface area contributed by atoms with Gasteiger partial charge in [0.05, 0.1) is 6.61 Å². The second-order valence-electron chi connectivity index (χ2n) is 9.07. The maximum absolute atomic E-state index is 12.9. The Morgan fingerprint density at radius 1 is 1.18 bits per heavy atom. The van der Waals surface area contributed by atoms with Gasteiger partial charge in [0.2, 0.25) is 5.91 Å². The predicted octanol–water partition coefficient (Wildman–Crippen LogP) is 3.12. The van der Waals surface area contributed by atoms with Crippen LogP contribution in [0.25, 0.3) is 0 Å². The molecular weight excluding hydrogens is 442 g/mol. The number of amides is 1. The molecule has 180 valence electrons. The molecular formula is C23H33N5O4S. The Kier molecular flexibility index (Phi) is 7.33. The Labute approximate surface area is 195 Å². The number of sulfonamides is 1. The van der Waals surface area contributed by atoms with Crippen molar-refractivity contribution in [2.24, 2.45) is 18.9 Å². The van der Waals surface area contributed by atoms with E-state index < -0.39 is 10.0 Å². The summed E-state index contributed by atoms with van der Waals surface area (Å²) in [6.45, 7) is 2.96. The smallest absolute Gasteiger partial charge is 0.262 e. The van der Waals surface area contributed by atoms with Gasteiger partial charge < -0.3 is 14.6 Å². The van der Waals surface area contributed by atoms with E-state index in [-0.39, 0.29) is 29.9 Å². The van der Waals surface area contributed by atoms with Gasteiger partial charge in [0.15, 0.2) is 16.6 Å². The minimum Gasteiger partial charge on any atom is -0.489 e. The summed E-state index contributed by atoms with van der Waals surface area (Å²) in [5.74, 6) is 1.77. The maximum atomic E-state index is 12.9. The number of carbonyl (C=O) groups is 1. The Bertz CT molecular complexity index is 1050. The molecule has 1 saturated carbocycles. The molecule has 1 saturated heterocycles. The highest BCUT2D eigenvalue weighted by atomic mass is 32.2. The lowest BCUT2D eigenvalue weighted by molar-refractivity contribution is -0.120. The van der Waals surface area contributed by atoms with Gasteiger partial charge in [-0.3, -0.25) is 4.79 Å². The molecule has 4 rings (SSSR count). The molecule has 33 heavy (non-hydrogen) atoms. The molecule has 0 atom stereocenters. The highest BCUT2D eigenvalue weighted by Gasteiger charge is 2.34. The summed E-state index contributed by atoms with van der Waals surface area (Å²) >= 11 is 0. The van der Waals surface area contributed by atoms with E-state index in [2.05, 4.69) is 15.3 Å². The van der Waals surface area contributed by atoms with Gasteiger partial charge in [-0.1, -0.05) is 19.3 Å². The van der Waals surface area contributed by atoms with Crippen molar-refractivity contribution in [2.75, 3.05) is 25.0 Å². The number of aryl methyl sites for hydroxylation is 2. The van der Waals surface area contributed by atoms with Crippen LogP contribution < -0.4 is 10.1 Å². The molecule has 0 radical (unpaired) electrons. The van der Waals surface area contributed by atoms with Gasteiger partial charge in [0.25, 0.3) is 10.0 Å².